The number of carbonyl (C=O) groups is 2. The van der Waals surface area contributed by atoms with Gasteiger partial charge >= 0.3 is 5.97 Å². The van der Waals surface area contributed by atoms with Crippen LogP contribution >= 0.6 is 0 Å². The van der Waals surface area contributed by atoms with Gasteiger partial charge in [0, 0.05) is 12.2 Å². The van der Waals surface area contributed by atoms with Crippen LogP contribution in [0.25, 0.3) is 0 Å². The lowest BCUT2D eigenvalue weighted by Gasteiger charge is -2.18. The maximum Gasteiger partial charge on any atom is 0.335 e. The number of hydrogen-bond acceptors (Lipinski definition) is 5. The summed E-state index contributed by atoms with van der Waals surface area (Å²) in [6.07, 6.45) is 0.463. The van der Waals surface area contributed by atoms with Crippen molar-refractivity contribution in [2.75, 3.05) is 13.2 Å². The van der Waals surface area contributed by atoms with E-state index in [0.717, 1.165) is 30.6 Å². The summed E-state index contributed by atoms with van der Waals surface area (Å²) in [5.41, 5.74) is 2.70. The lowest BCUT2D eigenvalue weighted by molar-refractivity contribution is -0.160. The monoisotopic (exact) mass is 334 g/mol. The number of esters is 1. The van der Waals surface area contributed by atoms with Crippen molar-refractivity contribution < 1.29 is 23.8 Å². The standard InChI is InChI=1S/C19H26O5/c1-12-7-8-16(10-13(12)2)18(20)14(3)24-19(21)15(4)23-11-17-6-5-9-22-17/h7-8,10,14-15,17H,5-6,9,11H2,1-4H3. The Morgan fingerprint density at radius 1 is 1.21 bits per heavy atom. The third-order valence-corrected chi connectivity index (χ3v) is 4.34. The number of rotatable bonds is 7. The highest BCUT2D eigenvalue weighted by Crippen LogP contribution is 2.15. The Hall–Kier alpha value is -1.72. The van der Waals surface area contributed by atoms with Gasteiger partial charge in [-0.1, -0.05) is 12.1 Å². The largest absolute Gasteiger partial charge is 0.452 e. The van der Waals surface area contributed by atoms with E-state index in [0.29, 0.717) is 12.2 Å². The Balaban J connectivity index is 1.85. The van der Waals surface area contributed by atoms with Crippen LogP contribution in [0.5, 0.6) is 0 Å². The fourth-order valence-corrected chi connectivity index (χ4v) is 2.55. The van der Waals surface area contributed by atoms with Crippen LogP contribution in [0.3, 0.4) is 0 Å². The van der Waals surface area contributed by atoms with Gasteiger partial charge in [-0.05, 0) is 57.7 Å². The average molecular weight is 334 g/mol. The first-order valence-corrected chi connectivity index (χ1v) is 8.43. The first-order chi connectivity index (χ1) is 11.4. The second-order valence-corrected chi connectivity index (χ2v) is 6.35. The van der Waals surface area contributed by atoms with Crippen LogP contribution in [0.1, 0.15) is 48.2 Å². The van der Waals surface area contributed by atoms with Gasteiger partial charge in [0.05, 0.1) is 12.7 Å². The second-order valence-electron chi connectivity index (χ2n) is 6.35. The van der Waals surface area contributed by atoms with E-state index in [1.54, 1.807) is 19.9 Å². The van der Waals surface area contributed by atoms with Gasteiger partial charge in [0.1, 0.15) is 0 Å². The summed E-state index contributed by atoms with van der Waals surface area (Å²) in [6, 6.07) is 5.47. The summed E-state index contributed by atoms with van der Waals surface area (Å²) in [5, 5.41) is 0. The maximum absolute atomic E-state index is 12.4. The summed E-state index contributed by atoms with van der Waals surface area (Å²) in [5.74, 6) is -0.740. The van der Waals surface area contributed by atoms with Gasteiger partial charge in [-0.25, -0.2) is 4.79 Å². The van der Waals surface area contributed by atoms with Crippen LogP contribution in [-0.4, -0.2) is 43.3 Å². The average Bonchev–Trinajstić information content (AvgIpc) is 3.07. The zero-order valence-corrected chi connectivity index (χ0v) is 14.8. The molecule has 3 atom stereocenters. The van der Waals surface area contributed by atoms with Gasteiger partial charge in [0.25, 0.3) is 0 Å². The maximum atomic E-state index is 12.4. The lowest BCUT2D eigenvalue weighted by atomic mass is 10.0. The van der Waals surface area contributed by atoms with Gasteiger partial charge in [0.2, 0.25) is 5.78 Å². The van der Waals surface area contributed by atoms with Gasteiger partial charge in [0.15, 0.2) is 12.2 Å². The Bertz CT molecular complexity index is 589. The number of aryl methyl sites for hydroxylation is 2. The van der Waals surface area contributed by atoms with Crippen molar-refractivity contribution in [3.05, 3.63) is 34.9 Å². The van der Waals surface area contributed by atoms with Crippen LogP contribution in [0.15, 0.2) is 18.2 Å². The molecule has 1 aliphatic rings. The number of Topliss-reactive ketones (excluding diaryl/α,β-unsaturated/α-hetero) is 1. The minimum Gasteiger partial charge on any atom is -0.452 e. The van der Waals surface area contributed by atoms with Crippen LogP contribution in [0.2, 0.25) is 0 Å². The van der Waals surface area contributed by atoms with Crippen LogP contribution in [0.4, 0.5) is 0 Å². The predicted octanol–water partition coefficient (Wildman–Crippen LogP) is 3.00. The molecule has 5 nitrogen and oxygen atoms in total. The van der Waals surface area contributed by atoms with Gasteiger partial charge < -0.3 is 14.2 Å². The highest BCUT2D eigenvalue weighted by Gasteiger charge is 2.25. The number of hydrogen-bond donors (Lipinski definition) is 0. The number of ketones is 1. The molecule has 0 radical (unpaired) electrons. The van der Waals surface area contributed by atoms with E-state index in [1.807, 2.05) is 26.0 Å². The molecule has 0 aliphatic carbocycles. The van der Waals surface area contributed by atoms with Gasteiger partial charge in [-0.2, -0.15) is 0 Å². The molecule has 1 aliphatic heterocycles. The van der Waals surface area contributed by atoms with Crippen LogP contribution < -0.4 is 0 Å². The van der Waals surface area contributed by atoms with Gasteiger partial charge in [-0.15, -0.1) is 0 Å². The van der Waals surface area contributed by atoms with Crippen molar-refractivity contribution in [2.24, 2.45) is 0 Å². The smallest absolute Gasteiger partial charge is 0.335 e. The van der Waals surface area contributed by atoms with Crippen LogP contribution in [-0.2, 0) is 19.0 Å². The molecule has 3 unspecified atom stereocenters. The quantitative estimate of drug-likeness (QED) is 0.567. The van der Waals surface area contributed by atoms with Crippen molar-refractivity contribution in [1.29, 1.82) is 0 Å². The normalized spacial score (nSPS) is 19.8. The molecule has 1 saturated heterocycles. The van der Waals surface area contributed by atoms with Crippen molar-refractivity contribution in [2.45, 2.75) is 58.8 Å². The molecule has 132 valence electrons. The molecule has 0 bridgehead atoms. The predicted molar refractivity (Wildman–Crippen MR) is 90.2 cm³/mol. The number of carbonyl (C=O) groups excluding carboxylic acids is 2. The topological polar surface area (TPSA) is 61.8 Å². The second kappa shape index (κ2) is 8.40. The van der Waals surface area contributed by atoms with E-state index in [4.69, 9.17) is 14.2 Å². The Kier molecular flexibility index (Phi) is 6.52. The molecule has 0 amide bonds. The summed E-state index contributed by atoms with van der Waals surface area (Å²) in [4.78, 5) is 24.5. The lowest BCUT2D eigenvalue weighted by Crippen LogP contribution is -2.32. The zero-order chi connectivity index (χ0) is 17.7. The van der Waals surface area contributed by atoms with E-state index >= 15 is 0 Å². The third kappa shape index (κ3) is 4.89. The first-order valence-electron chi connectivity index (χ1n) is 8.43. The van der Waals surface area contributed by atoms with Crippen molar-refractivity contribution in [3.8, 4) is 0 Å². The molecular weight excluding hydrogens is 308 g/mol. The number of ether oxygens (including phenoxy) is 3. The molecule has 0 spiro atoms. The Morgan fingerprint density at radius 2 is 1.96 bits per heavy atom. The molecule has 1 aromatic rings. The summed E-state index contributed by atoms with van der Waals surface area (Å²) in [7, 11) is 0. The van der Waals surface area contributed by atoms with Crippen molar-refractivity contribution >= 4 is 11.8 Å². The summed E-state index contributed by atoms with van der Waals surface area (Å²) in [6.45, 7) is 8.26. The fourth-order valence-electron chi connectivity index (χ4n) is 2.55. The highest BCUT2D eigenvalue weighted by atomic mass is 16.6. The van der Waals surface area contributed by atoms with Crippen molar-refractivity contribution in [3.63, 3.8) is 0 Å². The summed E-state index contributed by atoms with van der Waals surface area (Å²) >= 11 is 0. The fraction of sp³-hybridized carbons (Fsp3) is 0.579. The molecule has 5 heteroatoms. The van der Waals surface area contributed by atoms with E-state index in [-0.39, 0.29) is 11.9 Å². The van der Waals surface area contributed by atoms with E-state index < -0.39 is 18.2 Å². The minimum absolute atomic E-state index is 0.0508. The molecule has 24 heavy (non-hydrogen) atoms. The van der Waals surface area contributed by atoms with E-state index in [2.05, 4.69) is 0 Å². The van der Waals surface area contributed by atoms with Gasteiger partial charge in [-0.3, -0.25) is 4.79 Å². The molecule has 1 fully saturated rings. The summed E-state index contributed by atoms with van der Waals surface area (Å²) < 4.78 is 16.2. The number of benzene rings is 1. The van der Waals surface area contributed by atoms with Crippen molar-refractivity contribution in [1.82, 2.24) is 0 Å². The molecule has 0 N–H and O–H groups in total. The third-order valence-electron chi connectivity index (χ3n) is 4.34. The molecule has 1 heterocycles. The van der Waals surface area contributed by atoms with E-state index in [1.165, 1.54) is 0 Å². The SMILES string of the molecule is Cc1ccc(C(=O)C(C)OC(=O)C(C)OCC2CCCO2)cc1C. The first kappa shape index (κ1) is 18.6. The minimum atomic E-state index is -0.839. The molecular formula is C19H26O5. The van der Waals surface area contributed by atoms with Crippen LogP contribution in [0, 0.1) is 13.8 Å². The zero-order valence-electron chi connectivity index (χ0n) is 14.8. The Morgan fingerprint density at radius 3 is 2.58 bits per heavy atom. The molecule has 2 rings (SSSR count). The molecule has 0 saturated carbocycles. The van der Waals surface area contributed by atoms with E-state index in [9.17, 15) is 9.59 Å². The Labute approximate surface area is 143 Å². The highest BCUT2D eigenvalue weighted by molar-refractivity contribution is 6.00. The molecule has 1 aromatic carbocycles. The molecule has 0 aromatic heterocycles.